The topological polar surface area (TPSA) is 37.4 Å². The van der Waals surface area contributed by atoms with Crippen LogP contribution in [0.15, 0.2) is 16.7 Å². The predicted molar refractivity (Wildman–Crippen MR) is 64.5 cm³/mol. The van der Waals surface area contributed by atoms with E-state index in [1.165, 1.54) is 0 Å². The van der Waals surface area contributed by atoms with E-state index in [0.717, 1.165) is 42.2 Å². The summed E-state index contributed by atoms with van der Waals surface area (Å²) in [7, 11) is 1.72. The summed E-state index contributed by atoms with van der Waals surface area (Å²) in [6.45, 7) is 3.55. The van der Waals surface area contributed by atoms with Crippen LogP contribution >= 0.6 is 15.9 Å². The molecular weight excluding hydrogens is 258 g/mol. The Hall–Kier alpha value is -0.810. The van der Waals surface area contributed by atoms with Crippen molar-refractivity contribution in [3.63, 3.8) is 0 Å². The molecule has 1 aromatic rings. The third-order valence-electron chi connectivity index (χ3n) is 2.40. The molecule has 5 heteroatoms. The van der Waals surface area contributed by atoms with Crippen molar-refractivity contribution in [1.29, 1.82) is 0 Å². The summed E-state index contributed by atoms with van der Waals surface area (Å²) in [5, 5.41) is 3.33. The molecule has 1 aromatic heterocycles. The average Bonchev–Trinajstić information content (AvgIpc) is 2.25. The van der Waals surface area contributed by atoms with Crippen molar-refractivity contribution >= 4 is 27.4 Å². The second-order valence-electron chi connectivity index (χ2n) is 3.43. The zero-order valence-electron chi connectivity index (χ0n) is 8.66. The van der Waals surface area contributed by atoms with Gasteiger partial charge in [0.1, 0.15) is 0 Å². The first-order valence-corrected chi connectivity index (χ1v) is 5.74. The Labute approximate surface area is 97.8 Å². The summed E-state index contributed by atoms with van der Waals surface area (Å²) in [4.78, 5) is 6.65. The van der Waals surface area contributed by atoms with E-state index in [2.05, 4.69) is 37.2 Å². The number of nitrogens with one attached hydrogen (secondary N) is 1. The Morgan fingerprint density at radius 2 is 2.53 bits per heavy atom. The normalized spacial score (nSPS) is 14.7. The minimum absolute atomic E-state index is 0.733. The van der Waals surface area contributed by atoms with Gasteiger partial charge in [0.15, 0.2) is 5.82 Å². The molecule has 1 aliphatic heterocycles. The van der Waals surface area contributed by atoms with Crippen LogP contribution in [0.3, 0.4) is 0 Å². The van der Waals surface area contributed by atoms with Crippen LogP contribution in [-0.4, -0.2) is 38.3 Å². The number of pyridine rings is 1. The molecule has 0 atom stereocenters. The summed E-state index contributed by atoms with van der Waals surface area (Å²) in [5.41, 5.74) is 1.09. The summed E-state index contributed by atoms with van der Waals surface area (Å²) in [6, 6.07) is 2.06. The van der Waals surface area contributed by atoms with E-state index in [1.54, 1.807) is 7.11 Å². The van der Waals surface area contributed by atoms with E-state index in [9.17, 15) is 0 Å². The Kier molecular flexibility index (Phi) is 3.43. The van der Waals surface area contributed by atoms with Crippen molar-refractivity contribution in [3.05, 3.63) is 16.7 Å². The summed E-state index contributed by atoms with van der Waals surface area (Å²) in [5.74, 6) is 1.02. The number of fused-ring (bicyclic) bond motifs is 1. The van der Waals surface area contributed by atoms with Gasteiger partial charge in [0.2, 0.25) is 0 Å². The lowest BCUT2D eigenvalue weighted by Crippen LogP contribution is -2.36. The molecule has 0 unspecified atom stereocenters. The number of rotatable bonds is 3. The summed E-state index contributed by atoms with van der Waals surface area (Å²) >= 11 is 3.42. The monoisotopic (exact) mass is 271 g/mol. The maximum Gasteiger partial charge on any atom is 0.152 e. The zero-order valence-corrected chi connectivity index (χ0v) is 10.2. The fourth-order valence-corrected chi connectivity index (χ4v) is 2.00. The minimum atomic E-state index is 0.733. The SMILES string of the molecule is COCCN1CCNc2cc(Br)cnc21. The van der Waals surface area contributed by atoms with Crippen molar-refractivity contribution in [1.82, 2.24) is 4.98 Å². The number of halogens is 1. The highest BCUT2D eigenvalue weighted by atomic mass is 79.9. The van der Waals surface area contributed by atoms with E-state index >= 15 is 0 Å². The van der Waals surface area contributed by atoms with Crippen LogP contribution in [0.4, 0.5) is 11.5 Å². The van der Waals surface area contributed by atoms with Crippen LogP contribution in [0.5, 0.6) is 0 Å². The van der Waals surface area contributed by atoms with Crippen molar-refractivity contribution in [2.45, 2.75) is 0 Å². The molecule has 0 spiro atoms. The first-order chi connectivity index (χ1) is 7.31. The number of methoxy groups -OCH3 is 1. The second kappa shape index (κ2) is 4.81. The Bertz CT molecular complexity index is 345. The first kappa shape index (κ1) is 10.7. The maximum absolute atomic E-state index is 5.08. The van der Waals surface area contributed by atoms with Gasteiger partial charge in [-0.1, -0.05) is 0 Å². The quantitative estimate of drug-likeness (QED) is 0.909. The maximum atomic E-state index is 5.08. The molecule has 2 rings (SSSR count). The first-order valence-electron chi connectivity index (χ1n) is 4.94. The molecule has 1 N–H and O–H groups in total. The Balaban J connectivity index is 2.18. The third kappa shape index (κ3) is 2.41. The molecule has 82 valence electrons. The number of ether oxygens (including phenoxy) is 1. The van der Waals surface area contributed by atoms with E-state index < -0.39 is 0 Å². The van der Waals surface area contributed by atoms with Gasteiger partial charge in [-0.3, -0.25) is 0 Å². The van der Waals surface area contributed by atoms with Crippen molar-refractivity contribution in [2.24, 2.45) is 0 Å². The molecule has 2 heterocycles. The van der Waals surface area contributed by atoms with Crippen molar-refractivity contribution in [3.8, 4) is 0 Å². The zero-order chi connectivity index (χ0) is 10.7. The molecule has 4 nitrogen and oxygen atoms in total. The van der Waals surface area contributed by atoms with Gasteiger partial charge in [0, 0.05) is 37.4 Å². The minimum Gasteiger partial charge on any atom is -0.383 e. The standard InChI is InChI=1S/C10H14BrN3O/c1-15-5-4-14-3-2-12-9-6-8(11)7-13-10(9)14/h6-7,12H,2-5H2,1H3. The van der Waals surface area contributed by atoms with Gasteiger partial charge in [-0.05, 0) is 22.0 Å². The lowest BCUT2D eigenvalue weighted by molar-refractivity contribution is 0.205. The highest BCUT2D eigenvalue weighted by Gasteiger charge is 2.17. The smallest absolute Gasteiger partial charge is 0.152 e. The highest BCUT2D eigenvalue weighted by Crippen LogP contribution is 2.28. The van der Waals surface area contributed by atoms with Gasteiger partial charge in [0.05, 0.1) is 12.3 Å². The Morgan fingerprint density at radius 1 is 1.67 bits per heavy atom. The van der Waals surface area contributed by atoms with Gasteiger partial charge in [0.25, 0.3) is 0 Å². The van der Waals surface area contributed by atoms with Crippen molar-refractivity contribution < 1.29 is 4.74 Å². The lowest BCUT2D eigenvalue weighted by atomic mass is 10.3. The number of hydrogen-bond donors (Lipinski definition) is 1. The predicted octanol–water partition coefficient (Wildman–Crippen LogP) is 1.72. The lowest BCUT2D eigenvalue weighted by Gasteiger charge is -2.30. The molecular formula is C10H14BrN3O. The summed E-state index contributed by atoms with van der Waals surface area (Å²) in [6.07, 6.45) is 1.83. The molecule has 0 saturated heterocycles. The fourth-order valence-electron chi connectivity index (χ4n) is 1.66. The molecule has 0 bridgehead atoms. The highest BCUT2D eigenvalue weighted by molar-refractivity contribution is 9.10. The van der Waals surface area contributed by atoms with Crippen LogP contribution in [0.1, 0.15) is 0 Å². The van der Waals surface area contributed by atoms with Gasteiger partial charge < -0.3 is 15.0 Å². The van der Waals surface area contributed by atoms with E-state index in [-0.39, 0.29) is 0 Å². The van der Waals surface area contributed by atoms with Gasteiger partial charge >= 0.3 is 0 Å². The van der Waals surface area contributed by atoms with Gasteiger partial charge in [-0.25, -0.2) is 4.98 Å². The molecule has 0 aliphatic carbocycles. The van der Waals surface area contributed by atoms with E-state index in [0.29, 0.717) is 0 Å². The molecule has 1 aliphatic rings. The van der Waals surface area contributed by atoms with E-state index in [4.69, 9.17) is 4.74 Å². The third-order valence-corrected chi connectivity index (χ3v) is 2.83. The largest absolute Gasteiger partial charge is 0.383 e. The van der Waals surface area contributed by atoms with Crippen LogP contribution < -0.4 is 10.2 Å². The second-order valence-corrected chi connectivity index (χ2v) is 4.35. The molecule has 0 amide bonds. The van der Waals surface area contributed by atoms with Crippen LogP contribution in [-0.2, 0) is 4.74 Å². The molecule has 0 fully saturated rings. The summed E-state index contributed by atoms with van der Waals surface area (Å²) < 4.78 is 6.09. The van der Waals surface area contributed by atoms with Gasteiger partial charge in [-0.2, -0.15) is 0 Å². The number of nitrogens with zero attached hydrogens (tertiary/aromatic N) is 2. The number of aromatic nitrogens is 1. The van der Waals surface area contributed by atoms with Gasteiger partial charge in [-0.15, -0.1) is 0 Å². The van der Waals surface area contributed by atoms with Crippen LogP contribution in [0.2, 0.25) is 0 Å². The molecule has 0 aromatic carbocycles. The number of hydrogen-bond acceptors (Lipinski definition) is 4. The van der Waals surface area contributed by atoms with E-state index in [1.807, 2.05) is 6.20 Å². The van der Waals surface area contributed by atoms with Crippen molar-refractivity contribution in [2.75, 3.05) is 43.6 Å². The number of anilines is 2. The fraction of sp³-hybridized carbons (Fsp3) is 0.500. The Morgan fingerprint density at radius 3 is 3.33 bits per heavy atom. The average molecular weight is 272 g/mol. The van der Waals surface area contributed by atoms with Crippen LogP contribution in [0.25, 0.3) is 0 Å². The molecule has 0 radical (unpaired) electrons. The molecule has 0 saturated carbocycles. The van der Waals surface area contributed by atoms with Crippen LogP contribution in [0, 0.1) is 0 Å². The molecule has 15 heavy (non-hydrogen) atoms.